The molecule has 1 aromatic rings. The van der Waals surface area contributed by atoms with Gasteiger partial charge in [-0.05, 0) is 12.1 Å². The van der Waals surface area contributed by atoms with Crippen molar-refractivity contribution in [3.05, 3.63) is 28.5 Å². The molecule has 116 valence electrons. The Labute approximate surface area is 130 Å². The smallest absolute Gasteiger partial charge is 0.340 e. The molecule has 1 saturated heterocycles. The van der Waals surface area contributed by atoms with Crippen molar-refractivity contribution in [3.8, 4) is 0 Å². The van der Waals surface area contributed by atoms with E-state index in [1.165, 1.54) is 0 Å². The van der Waals surface area contributed by atoms with Crippen LogP contribution in [0.15, 0.2) is 17.0 Å². The average Bonchev–Trinajstić information content (AvgIpc) is 2.41. The third-order valence-corrected chi connectivity index (χ3v) is 4.66. The predicted molar refractivity (Wildman–Crippen MR) is 73.7 cm³/mol. The first-order valence-electron chi connectivity index (χ1n) is 6.01. The van der Waals surface area contributed by atoms with Gasteiger partial charge in [0.25, 0.3) is 9.05 Å². The summed E-state index contributed by atoms with van der Waals surface area (Å²) in [5, 5.41) is -0.504. The van der Waals surface area contributed by atoms with Gasteiger partial charge in [0.05, 0.1) is 28.7 Å². The predicted octanol–water partition coefficient (Wildman–Crippen LogP) is 2.74. The minimum atomic E-state index is -4.19. The van der Waals surface area contributed by atoms with Crippen molar-refractivity contribution in [2.45, 2.75) is 23.8 Å². The summed E-state index contributed by atoms with van der Waals surface area (Å²) in [6, 6.07) is 1.55. The van der Waals surface area contributed by atoms with Crippen molar-refractivity contribution in [1.82, 2.24) is 0 Å². The molecular weight excluding hydrogens is 346 g/mol. The van der Waals surface area contributed by atoms with E-state index < -0.39 is 30.8 Å². The second-order valence-electron chi connectivity index (χ2n) is 4.42. The SMILES string of the molecule is O=C(OC1CCOCC1)c1cc(S(=O)(=O)Cl)cc(F)c1Cl. The van der Waals surface area contributed by atoms with Gasteiger partial charge in [-0.15, -0.1) is 0 Å². The summed E-state index contributed by atoms with van der Waals surface area (Å²) in [5.41, 5.74) is -0.373. The van der Waals surface area contributed by atoms with Crippen LogP contribution in [0.25, 0.3) is 0 Å². The van der Waals surface area contributed by atoms with Gasteiger partial charge in [-0.1, -0.05) is 11.6 Å². The average molecular weight is 357 g/mol. The van der Waals surface area contributed by atoms with Crippen molar-refractivity contribution in [3.63, 3.8) is 0 Å². The minimum Gasteiger partial charge on any atom is -0.459 e. The summed E-state index contributed by atoms with van der Waals surface area (Å²) in [6.45, 7) is 0.909. The number of rotatable bonds is 3. The Morgan fingerprint density at radius 2 is 1.95 bits per heavy atom. The van der Waals surface area contributed by atoms with Crippen molar-refractivity contribution in [1.29, 1.82) is 0 Å². The number of ether oxygens (including phenoxy) is 2. The van der Waals surface area contributed by atoms with Gasteiger partial charge in [0.2, 0.25) is 0 Å². The standard InChI is InChI=1S/C12H11Cl2FO5S/c13-11-9(5-8(6-10(11)15)21(14,17)18)12(16)20-7-1-3-19-4-2-7/h5-7H,1-4H2. The zero-order chi connectivity index (χ0) is 15.6. The van der Waals surface area contributed by atoms with Crippen molar-refractivity contribution in [2.24, 2.45) is 0 Å². The molecule has 0 spiro atoms. The Balaban J connectivity index is 2.29. The Morgan fingerprint density at radius 3 is 2.52 bits per heavy atom. The van der Waals surface area contributed by atoms with Crippen molar-refractivity contribution < 1.29 is 27.1 Å². The molecule has 9 heteroatoms. The van der Waals surface area contributed by atoms with E-state index in [1.807, 2.05) is 0 Å². The maximum atomic E-state index is 13.6. The third kappa shape index (κ3) is 4.06. The topological polar surface area (TPSA) is 69.7 Å². The fraction of sp³-hybridized carbons (Fsp3) is 0.417. The van der Waals surface area contributed by atoms with Gasteiger partial charge in [-0.3, -0.25) is 0 Å². The number of benzene rings is 1. The highest BCUT2D eigenvalue weighted by molar-refractivity contribution is 8.13. The van der Waals surface area contributed by atoms with Crippen LogP contribution >= 0.6 is 22.3 Å². The summed E-state index contributed by atoms with van der Waals surface area (Å²) in [5.74, 6) is -1.95. The molecule has 1 heterocycles. The zero-order valence-electron chi connectivity index (χ0n) is 10.6. The molecule has 0 radical (unpaired) electrons. The highest BCUT2D eigenvalue weighted by atomic mass is 35.7. The van der Waals surface area contributed by atoms with E-state index in [2.05, 4.69) is 0 Å². The number of carbonyl (C=O) groups is 1. The normalized spacial score (nSPS) is 16.7. The molecule has 0 amide bonds. The Kier molecular flexibility index (Phi) is 5.08. The maximum Gasteiger partial charge on any atom is 0.340 e. The van der Waals surface area contributed by atoms with Crippen LogP contribution in [-0.2, 0) is 18.5 Å². The van der Waals surface area contributed by atoms with Gasteiger partial charge in [0.1, 0.15) is 11.9 Å². The lowest BCUT2D eigenvalue weighted by atomic mass is 10.1. The molecule has 0 bridgehead atoms. The molecule has 0 aromatic heterocycles. The first-order chi connectivity index (χ1) is 9.79. The van der Waals surface area contributed by atoms with Crippen LogP contribution in [0.3, 0.4) is 0 Å². The molecular formula is C12H11Cl2FO5S. The molecule has 0 atom stereocenters. The van der Waals surface area contributed by atoms with Crippen LogP contribution in [0.2, 0.25) is 5.02 Å². The second kappa shape index (κ2) is 6.48. The first-order valence-corrected chi connectivity index (χ1v) is 8.70. The quantitative estimate of drug-likeness (QED) is 0.615. The summed E-state index contributed by atoms with van der Waals surface area (Å²) in [4.78, 5) is 11.5. The Hall–Kier alpha value is -0.890. The highest BCUT2D eigenvalue weighted by Crippen LogP contribution is 2.27. The number of halogens is 3. The fourth-order valence-electron chi connectivity index (χ4n) is 1.86. The molecule has 0 aliphatic carbocycles. The van der Waals surface area contributed by atoms with Gasteiger partial charge in [-0.2, -0.15) is 0 Å². The number of carbonyl (C=O) groups excluding carboxylic acids is 1. The van der Waals surface area contributed by atoms with Crippen LogP contribution in [0.5, 0.6) is 0 Å². The fourth-order valence-corrected chi connectivity index (χ4v) is 2.82. The number of hydrogen-bond acceptors (Lipinski definition) is 5. The van der Waals surface area contributed by atoms with Gasteiger partial charge < -0.3 is 9.47 Å². The van der Waals surface area contributed by atoms with Crippen LogP contribution < -0.4 is 0 Å². The summed E-state index contributed by atoms with van der Waals surface area (Å²) < 4.78 is 46.4. The monoisotopic (exact) mass is 356 g/mol. The summed E-state index contributed by atoms with van der Waals surface area (Å²) in [7, 11) is 0.960. The first kappa shape index (κ1) is 16.5. The second-order valence-corrected chi connectivity index (χ2v) is 7.37. The highest BCUT2D eigenvalue weighted by Gasteiger charge is 2.24. The Morgan fingerprint density at radius 1 is 1.33 bits per heavy atom. The summed E-state index contributed by atoms with van der Waals surface area (Å²) >= 11 is 5.69. The van der Waals surface area contributed by atoms with Crippen LogP contribution in [-0.4, -0.2) is 33.7 Å². The third-order valence-electron chi connectivity index (χ3n) is 2.95. The van der Waals surface area contributed by atoms with E-state index >= 15 is 0 Å². The lowest BCUT2D eigenvalue weighted by molar-refractivity contribution is -0.0159. The largest absolute Gasteiger partial charge is 0.459 e. The van der Waals surface area contributed by atoms with Crippen LogP contribution in [0.4, 0.5) is 4.39 Å². The van der Waals surface area contributed by atoms with Crippen molar-refractivity contribution in [2.75, 3.05) is 13.2 Å². The summed E-state index contributed by atoms with van der Waals surface area (Å²) in [6.07, 6.45) is 0.653. The Bertz CT molecular complexity index is 656. The van der Waals surface area contributed by atoms with E-state index in [-0.39, 0.29) is 11.7 Å². The molecule has 5 nitrogen and oxygen atoms in total. The molecule has 1 aliphatic heterocycles. The molecule has 2 rings (SSSR count). The number of hydrogen-bond donors (Lipinski definition) is 0. The molecule has 21 heavy (non-hydrogen) atoms. The van der Waals surface area contributed by atoms with Crippen molar-refractivity contribution >= 4 is 37.3 Å². The molecule has 1 fully saturated rings. The maximum absolute atomic E-state index is 13.6. The van der Waals surface area contributed by atoms with Gasteiger partial charge in [0.15, 0.2) is 0 Å². The van der Waals surface area contributed by atoms with E-state index in [0.29, 0.717) is 32.1 Å². The lowest BCUT2D eigenvalue weighted by Gasteiger charge is -2.22. The zero-order valence-corrected chi connectivity index (χ0v) is 13.0. The van der Waals surface area contributed by atoms with Gasteiger partial charge in [-0.25, -0.2) is 17.6 Å². The van der Waals surface area contributed by atoms with Crippen LogP contribution in [0.1, 0.15) is 23.2 Å². The number of esters is 1. The lowest BCUT2D eigenvalue weighted by Crippen LogP contribution is -2.26. The van der Waals surface area contributed by atoms with Crippen LogP contribution in [0, 0.1) is 5.82 Å². The molecule has 0 unspecified atom stereocenters. The minimum absolute atomic E-state index is 0.373. The van der Waals surface area contributed by atoms with E-state index in [4.69, 9.17) is 31.8 Å². The van der Waals surface area contributed by atoms with E-state index in [0.717, 1.165) is 6.07 Å². The molecule has 0 N–H and O–H groups in total. The van der Waals surface area contributed by atoms with Gasteiger partial charge >= 0.3 is 5.97 Å². The van der Waals surface area contributed by atoms with E-state index in [1.54, 1.807) is 0 Å². The van der Waals surface area contributed by atoms with E-state index in [9.17, 15) is 17.6 Å². The molecule has 1 aliphatic rings. The van der Waals surface area contributed by atoms with Gasteiger partial charge in [0, 0.05) is 23.5 Å². The molecule has 1 aromatic carbocycles. The molecule has 0 saturated carbocycles.